The number of halogens is 1. The Morgan fingerprint density at radius 2 is 1.82 bits per heavy atom. The lowest BCUT2D eigenvalue weighted by molar-refractivity contribution is -0.120. The summed E-state index contributed by atoms with van der Waals surface area (Å²) in [7, 11) is 1.67. The van der Waals surface area contributed by atoms with Crippen LogP contribution >= 0.6 is 11.6 Å². The first-order chi connectivity index (χ1) is 18.4. The molecule has 9 heteroatoms. The second-order valence-corrected chi connectivity index (χ2v) is 9.38. The lowest BCUT2D eigenvalue weighted by Crippen LogP contribution is -2.46. The van der Waals surface area contributed by atoms with Gasteiger partial charge in [0.2, 0.25) is 5.91 Å². The summed E-state index contributed by atoms with van der Waals surface area (Å²) in [6.45, 7) is 0.170. The maximum atomic E-state index is 13.7. The van der Waals surface area contributed by atoms with Crippen LogP contribution in [0.3, 0.4) is 0 Å². The largest absolute Gasteiger partial charge is 0.323 e. The number of fused-ring (bicyclic) bond motifs is 1. The van der Waals surface area contributed by atoms with Crippen molar-refractivity contribution in [3.05, 3.63) is 119 Å². The van der Waals surface area contributed by atoms with Crippen molar-refractivity contribution in [3.63, 3.8) is 0 Å². The second-order valence-electron chi connectivity index (χ2n) is 8.94. The van der Waals surface area contributed by atoms with E-state index in [2.05, 4.69) is 15.3 Å². The van der Waals surface area contributed by atoms with E-state index in [-0.39, 0.29) is 24.3 Å². The Balaban J connectivity index is 1.43. The first kappa shape index (κ1) is 25.1. The zero-order valence-electron chi connectivity index (χ0n) is 20.5. The fraction of sp³-hybridized carbons (Fsp3) is 0.138. The van der Waals surface area contributed by atoms with Crippen molar-refractivity contribution in [1.29, 1.82) is 0 Å². The summed E-state index contributed by atoms with van der Waals surface area (Å²) in [4.78, 5) is 51.5. The molecule has 190 valence electrons. The van der Waals surface area contributed by atoms with Gasteiger partial charge in [0.15, 0.2) is 0 Å². The van der Waals surface area contributed by atoms with Gasteiger partial charge in [-0.3, -0.25) is 24.3 Å². The Morgan fingerprint density at radius 1 is 1.00 bits per heavy atom. The zero-order valence-corrected chi connectivity index (χ0v) is 21.3. The molecule has 0 saturated heterocycles. The number of nitrogens with zero attached hydrogens (tertiary/aromatic N) is 4. The standard InChI is InChI=1S/C29H24ClN5O3/c1-34(26-6-2-3-14-32-26)28(37)21-9-7-19(8-10-21)18-35-25(15-20-5-4-13-31-17-20)27(36)33-24-16-22(30)11-12-23(24)29(35)38/h2-14,16-17,25H,15,18H2,1H3,(H,33,36). The van der Waals surface area contributed by atoms with Crippen molar-refractivity contribution in [2.45, 2.75) is 19.0 Å². The maximum absolute atomic E-state index is 13.7. The minimum Gasteiger partial charge on any atom is -0.323 e. The van der Waals surface area contributed by atoms with Gasteiger partial charge in [0.1, 0.15) is 11.9 Å². The fourth-order valence-corrected chi connectivity index (χ4v) is 4.56. The molecular formula is C29H24ClN5O3. The van der Waals surface area contributed by atoms with E-state index in [4.69, 9.17) is 11.6 Å². The highest BCUT2D eigenvalue weighted by Gasteiger charge is 2.35. The van der Waals surface area contributed by atoms with Crippen LogP contribution in [0.4, 0.5) is 11.5 Å². The number of rotatable bonds is 6. The molecule has 1 aliphatic heterocycles. The third kappa shape index (κ3) is 5.26. The molecule has 2 aromatic carbocycles. The molecule has 0 aliphatic carbocycles. The number of benzene rings is 2. The van der Waals surface area contributed by atoms with Crippen molar-refractivity contribution in [2.75, 3.05) is 17.3 Å². The van der Waals surface area contributed by atoms with Crippen molar-refractivity contribution < 1.29 is 14.4 Å². The predicted molar refractivity (Wildman–Crippen MR) is 145 cm³/mol. The van der Waals surface area contributed by atoms with Crippen LogP contribution in [0.25, 0.3) is 0 Å². The number of hydrogen-bond donors (Lipinski definition) is 1. The van der Waals surface area contributed by atoms with Gasteiger partial charge in [-0.25, -0.2) is 4.98 Å². The summed E-state index contributed by atoms with van der Waals surface area (Å²) in [5, 5.41) is 3.29. The summed E-state index contributed by atoms with van der Waals surface area (Å²) in [6.07, 6.45) is 5.26. The highest BCUT2D eigenvalue weighted by atomic mass is 35.5. The molecule has 1 atom stereocenters. The molecule has 5 rings (SSSR count). The molecule has 0 bridgehead atoms. The third-order valence-electron chi connectivity index (χ3n) is 6.41. The van der Waals surface area contributed by atoms with E-state index in [0.717, 1.165) is 11.1 Å². The molecule has 0 radical (unpaired) electrons. The molecule has 3 heterocycles. The summed E-state index contributed by atoms with van der Waals surface area (Å²) in [5.74, 6) is -0.272. The van der Waals surface area contributed by atoms with E-state index in [9.17, 15) is 14.4 Å². The number of aromatic nitrogens is 2. The Kier molecular flexibility index (Phi) is 7.15. The Bertz CT molecular complexity index is 1480. The maximum Gasteiger partial charge on any atom is 0.259 e. The van der Waals surface area contributed by atoms with Crippen LogP contribution in [0.1, 0.15) is 31.8 Å². The predicted octanol–water partition coefficient (Wildman–Crippen LogP) is 4.61. The van der Waals surface area contributed by atoms with Gasteiger partial charge in [-0.1, -0.05) is 35.9 Å². The topological polar surface area (TPSA) is 95.5 Å². The van der Waals surface area contributed by atoms with Crippen molar-refractivity contribution in [3.8, 4) is 0 Å². The fourth-order valence-electron chi connectivity index (χ4n) is 4.39. The lowest BCUT2D eigenvalue weighted by atomic mass is 10.0. The molecule has 0 saturated carbocycles. The van der Waals surface area contributed by atoms with E-state index >= 15 is 0 Å². The average Bonchev–Trinajstić information content (AvgIpc) is 3.03. The molecule has 38 heavy (non-hydrogen) atoms. The molecule has 1 unspecified atom stereocenters. The van der Waals surface area contributed by atoms with Gasteiger partial charge in [0, 0.05) is 49.2 Å². The molecule has 8 nitrogen and oxygen atoms in total. The van der Waals surface area contributed by atoms with Gasteiger partial charge in [-0.15, -0.1) is 0 Å². The van der Waals surface area contributed by atoms with E-state index in [0.29, 0.717) is 34.1 Å². The number of anilines is 2. The van der Waals surface area contributed by atoms with Gasteiger partial charge >= 0.3 is 0 Å². The Morgan fingerprint density at radius 3 is 2.53 bits per heavy atom. The van der Waals surface area contributed by atoms with Crippen LogP contribution in [0, 0.1) is 0 Å². The van der Waals surface area contributed by atoms with Gasteiger partial charge in [0.05, 0.1) is 11.3 Å². The highest BCUT2D eigenvalue weighted by molar-refractivity contribution is 6.31. The summed E-state index contributed by atoms with van der Waals surface area (Å²) < 4.78 is 0. The number of nitrogens with one attached hydrogen (secondary N) is 1. The zero-order chi connectivity index (χ0) is 26.6. The van der Waals surface area contributed by atoms with Gasteiger partial charge in [0.25, 0.3) is 11.8 Å². The monoisotopic (exact) mass is 525 g/mol. The summed E-state index contributed by atoms with van der Waals surface area (Å²) in [5.41, 5.74) is 2.82. The highest BCUT2D eigenvalue weighted by Crippen LogP contribution is 2.29. The van der Waals surface area contributed by atoms with E-state index < -0.39 is 6.04 Å². The van der Waals surface area contributed by atoms with Gasteiger partial charge < -0.3 is 10.2 Å². The van der Waals surface area contributed by atoms with Crippen LogP contribution in [0.2, 0.25) is 5.02 Å². The minimum absolute atomic E-state index is 0.170. The minimum atomic E-state index is -0.783. The molecular weight excluding hydrogens is 502 g/mol. The normalized spacial score (nSPS) is 14.9. The van der Waals surface area contributed by atoms with Crippen molar-refractivity contribution in [1.82, 2.24) is 14.9 Å². The Hall–Kier alpha value is -4.56. The van der Waals surface area contributed by atoms with Crippen LogP contribution in [-0.4, -0.2) is 45.7 Å². The molecule has 0 fully saturated rings. The first-order valence-corrected chi connectivity index (χ1v) is 12.4. The number of pyridine rings is 2. The first-order valence-electron chi connectivity index (χ1n) is 12.0. The van der Waals surface area contributed by atoms with E-state index in [1.54, 1.807) is 91.2 Å². The van der Waals surface area contributed by atoms with Crippen LogP contribution in [-0.2, 0) is 17.8 Å². The summed E-state index contributed by atoms with van der Waals surface area (Å²) in [6, 6.07) is 20.1. The van der Waals surface area contributed by atoms with Crippen molar-refractivity contribution in [2.24, 2.45) is 0 Å². The van der Waals surface area contributed by atoms with Crippen LogP contribution < -0.4 is 10.2 Å². The van der Waals surface area contributed by atoms with E-state index in [1.165, 1.54) is 4.90 Å². The molecule has 1 N–H and O–H groups in total. The number of amides is 3. The molecule has 4 aromatic rings. The molecule has 1 aliphatic rings. The lowest BCUT2D eigenvalue weighted by Gasteiger charge is -2.29. The quantitative estimate of drug-likeness (QED) is 0.396. The number of carbonyl (C=O) groups is 3. The summed E-state index contributed by atoms with van der Waals surface area (Å²) >= 11 is 6.14. The van der Waals surface area contributed by atoms with Crippen LogP contribution in [0.15, 0.2) is 91.4 Å². The van der Waals surface area contributed by atoms with Gasteiger partial charge in [-0.2, -0.15) is 0 Å². The number of carbonyl (C=O) groups excluding carboxylic acids is 3. The number of hydrogen-bond acceptors (Lipinski definition) is 5. The third-order valence-corrected chi connectivity index (χ3v) is 6.65. The SMILES string of the molecule is CN(C(=O)c1ccc(CN2C(=O)c3ccc(Cl)cc3NC(=O)C2Cc2cccnc2)cc1)c1ccccn1. The smallest absolute Gasteiger partial charge is 0.259 e. The van der Waals surface area contributed by atoms with Crippen LogP contribution in [0.5, 0.6) is 0 Å². The van der Waals surface area contributed by atoms with E-state index in [1.807, 2.05) is 12.1 Å². The van der Waals surface area contributed by atoms with Crippen molar-refractivity contribution >= 4 is 40.8 Å². The molecule has 2 aromatic heterocycles. The van der Waals surface area contributed by atoms with Gasteiger partial charge in [-0.05, 0) is 59.7 Å². The Labute approximate surface area is 224 Å². The molecule has 3 amide bonds. The second kappa shape index (κ2) is 10.8. The average molecular weight is 526 g/mol. The molecule has 0 spiro atoms.